The van der Waals surface area contributed by atoms with Crippen LogP contribution in [0.1, 0.15) is 24.3 Å². The van der Waals surface area contributed by atoms with Gasteiger partial charge in [0.1, 0.15) is 5.82 Å². The molecule has 134 valence electrons. The van der Waals surface area contributed by atoms with E-state index in [1.807, 2.05) is 0 Å². The second-order valence-corrected chi connectivity index (χ2v) is 6.40. The van der Waals surface area contributed by atoms with Crippen LogP contribution in [0.5, 0.6) is 0 Å². The number of amides is 1. The van der Waals surface area contributed by atoms with Gasteiger partial charge >= 0.3 is 0 Å². The average Bonchev–Trinajstić information content (AvgIpc) is 3.04. The van der Waals surface area contributed by atoms with Gasteiger partial charge in [0.05, 0.1) is 17.9 Å². The molecule has 3 rings (SSSR count). The van der Waals surface area contributed by atoms with Gasteiger partial charge in [-0.15, -0.1) is 0 Å². The highest BCUT2D eigenvalue weighted by Gasteiger charge is 2.21. The predicted molar refractivity (Wildman–Crippen MR) is 92.3 cm³/mol. The zero-order valence-electron chi connectivity index (χ0n) is 14.5. The van der Waals surface area contributed by atoms with E-state index in [1.54, 1.807) is 24.4 Å². The molecule has 1 aliphatic heterocycles. The Morgan fingerprint density at radius 3 is 2.80 bits per heavy atom. The van der Waals surface area contributed by atoms with Gasteiger partial charge in [-0.05, 0) is 38.1 Å². The van der Waals surface area contributed by atoms with Gasteiger partial charge in [-0.3, -0.25) is 9.69 Å². The third-order valence-corrected chi connectivity index (χ3v) is 4.10. The van der Waals surface area contributed by atoms with Crippen molar-refractivity contribution in [2.24, 2.45) is 0 Å². The molecule has 0 radical (unpaired) electrons. The molecule has 0 aliphatic carbocycles. The SMILES string of the molecule is C[C@@H]1CN(CCNC(=O)c2ccn(-c3cccc(F)c3)n2)C[C@@H](C)O1. The molecule has 1 fully saturated rings. The molecule has 0 bridgehead atoms. The molecule has 25 heavy (non-hydrogen) atoms. The minimum Gasteiger partial charge on any atom is -0.373 e. The van der Waals surface area contributed by atoms with Crippen LogP contribution in [-0.2, 0) is 4.74 Å². The Labute approximate surface area is 146 Å². The van der Waals surface area contributed by atoms with Crippen LogP contribution in [0, 0.1) is 5.82 Å². The second kappa shape index (κ2) is 7.76. The summed E-state index contributed by atoms with van der Waals surface area (Å²) in [5, 5.41) is 7.10. The monoisotopic (exact) mass is 346 g/mol. The van der Waals surface area contributed by atoms with Crippen molar-refractivity contribution in [3.05, 3.63) is 48.0 Å². The highest BCUT2D eigenvalue weighted by atomic mass is 19.1. The van der Waals surface area contributed by atoms with Crippen molar-refractivity contribution >= 4 is 5.91 Å². The molecule has 1 aliphatic rings. The van der Waals surface area contributed by atoms with Crippen LogP contribution < -0.4 is 5.32 Å². The number of rotatable bonds is 5. The maximum absolute atomic E-state index is 13.3. The predicted octanol–water partition coefficient (Wildman–Crippen LogP) is 1.85. The number of hydrogen-bond acceptors (Lipinski definition) is 4. The molecule has 2 aromatic rings. The lowest BCUT2D eigenvalue weighted by Gasteiger charge is -2.35. The van der Waals surface area contributed by atoms with Crippen LogP contribution in [-0.4, -0.2) is 59.0 Å². The number of carbonyl (C=O) groups is 1. The summed E-state index contributed by atoms with van der Waals surface area (Å²) in [5.41, 5.74) is 0.892. The van der Waals surface area contributed by atoms with Crippen molar-refractivity contribution in [3.8, 4) is 5.69 Å². The van der Waals surface area contributed by atoms with E-state index in [1.165, 1.54) is 16.8 Å². The molecule has 2 atom stereocenters. The minimum atomic E-state index is -0.340. The summed E-state index contributed by atoms with van der Waals surface area (Å²) < 4.78 is 20.5. The zero-order valence-corrected chi connectivity index (χ0v) is 14.5. The molecule has 7 heteroatoms. The van der Waals surface area contributed by atoms with Crippen LogP contribution in [0.15, 0.2) is 36.5 Å². The average molecular weight is 346 g/mol. The Hall–Kier alpha value is -2.25. The molecular formula is C18H23FN4O2. The van der Waals surface area contributed by atoms with E-state index < -0.39 is 0 Å². The summed E-state index contributed by atoms with van der Waals surface area (Å²) in [6.45, 7) is 7.17. The van der Waals surface area contributed by atoms with Crippen LogP contribution in [0.3, 0.4) is 0 Å². The van der Waals surface area contributed by atoms with Crippen molar-refractivity contribution in [2.45, 2.75) is 26.1 Å². The lowest BCUT2D eigenvalue weighted by Crippen LogP contribution is -2.47. The second-order valence-electron chi connectivity index (χ2n) is 6.40. The summed E-state index contributed by atoms with van der Waals surface area (Å²) in [6.07, 6.45) is 2.07. The molecule has 0 spiro atoms. The molecule has 1 aromatic heterocycles. The largest absolute Gasteiger partial charge is 0.373 e. The highest BCUT2D eigenvalue weighted by molar-refractivity contribution is 5.92. The van der Waals surface area contributed by atoms with Gasteiger partial charge in [-0.1, -0.05) is 6.07 Å². The maximum atomic E-state index is 13.3. The van der Waals surface area contributed by atoms with Gasteiger partial charge in [-0.25, -0.2) is 9.07 Å². The van der Waals surface area contributed by atoms with Crippen molar-refractivity contribution < 1.29 is 13.9 Å². The van der Waals surface area contributed by atoms with E-state index >= 15 is 0 Å². The maximum Gasteiger partial charge on any atom is 0.271 e. The van der Waals surface area contributed by atoms with E-state index in [9.17, 15) is 9.18 Å². The molecule has 1 amide bonds. The molecule has 6 nitrogen and oxygen atoms in total. The number of ether oxygens (including phenoxy) is 1. The molecular weight excluding hydrogens is 323 g/mol. The summed E-state index contributed by atoms with van der Waals surface area (Å²) in [4.78, 5) is 14.5. The summed E-state index contributed by atoms with van der Waals surface area (Å²) in [7, 11) is 0. The van der Waals surface area contributed by atoms with Crippen molar-refractivity contribution in [3.63, 3.8) is 0 Å². The van der Waals surface area contributed by atoms with Crippen molar-refractivity contribution in [1.29, 1.82) is 0 Å². The normalized spacial score (nSPS) is 21.2. The highest BCUT2D eigenvalue weighted by Crippen LogP contribution is 2.11. The first-order valence-corrected chi connectivity index (χ1v) is 8.49. The summed E-state index contributed by atoms with van der Waals surface area (Å²) in [6, 6.07) is 7.71. The van der Waals surface area contributed by atoms with Gasteiger partial charge in [0.2, 0.25) is 0 Å². The Morgan fingerprint density at radius 2 is 2.08 bits per heavy atom. The summed E-state index contributed by atoms with van der Waals surface area (Å²) in [5.74, 6) is -0.572. The van der Waals surface area contributed by atoms with Crippen LogP contribution in [0.25, 0.3) is 5.69 Å². The van der Waals surface area contributed by atoms with E-state index in [2.05, 4.69) is 29.2 Å². The van der Waals surface area contributed by atoms with Gasteiger partial charge < -0.3 is 10.1 Å². The Morgan fingerprint density at radius 1 is 1.32 bits per heavy atom. The number of benzene rings is 1. The van der Waals surface area contributed by atoms with Crippen LogP contribution in [0.4, 0.5) is 4.39 Å². The van der Waals surface area contributed by atoms with Crippen LogP contribution >= 0.6 is 0 Å². The fraction of sp³-hybridized carbons (Fsp3) is 0.444. The van der Waals surface area contributed by atoms with E-state index in [-0.39, 0.29) is 23.9 Å². The number of nitrogens with zero attached hydrogens (tertiary/aromatic N) is 3. The standard InChI is InChI=1S/C18H23FN4O2/c1-13-11-22(12-14(2)25-13)9-7-20-18(24)17-6-8-23(21-17)16-5-3-4-15(19)10-16/h3-6,8,10,13-14H,7,9,11-12H2,1-2H3,(H,20,24)/t13-,14-/m1/s1. The molecule has 0 saturated carbocycles. The zero-order chi connectivity index (χ0) is 17.8. The van der Waals surface area contributed by atoms with Gasteiger partial charge in [-0.2, -0.15) is 5.10 Å². The number of halogens is 1. The first-order valence-electron chi connectivity index (χ1n) is 8.49. The Balaban J connectivity index is 1.52. The van der Waals surface area contributed by atoms with Crippen molar-refractivity contribution in [1.82, 2.24) is 20.0 Å². The lowest BCUT2D eigenvalue weighted by molar-refractivity contribution is -0.0672. The number of carbonyl (C=O) groups excluding carboxylic acids is 1. The number of morpholine rings is 1. The Kier molecular flexibility index (Phi) is 5.45. The molecule has 1 saturated heterocycles. The number of nitrogens with one attached hydrogen (secondary N) is 1. The first kappa shape index (κ1) is 17.6. The minimum absolute atomic E-state index is 0.210. The number of hydrogen-bond donors (Lipinski definition) is 1. The molecule has 2 heterocycles. The third kappa shape index (κ3) is 4.64. The van der Waals surface area contributed by atoms with E-state index in [4.69, 9.17) is 4.74 Å². The van der Waals surface area contributed by atoms with Gasteiger partial charge in [0.15, 0.2) is 5.69 Å². The quantitative estimate of drug-likeness (QED) is 0.898. The van der Waals surface area contributed by atoms with Gasteiger partial charge in [0.25, 0.3) is 5.91 Å². The summed E-state index contributed by atoms with van der Waals surface area (Å²) >= 11 is 0. The van der Waals surface area contributed by atoms with Crippen LogP contribution in [0.2, 0.25) is 0 Å². The number of aromatic nitrogens is 2. The fourth-order valence-electron chi connectivity index (χ4n) is 3.09. The topological polar surface area (TPSA) is 59.4 Å². The molecule has 1 aromatic carbocycles. The third-order valence-electron chi connectivity index (χ3n) is 4.10. The van der Waals surface area contributed by atoms with E-state index in [0.29, 0.717) is 17.9 Å². The molecule has 0 unspecified atom stereocenters. The lowest BCUT2D eigenvalue weighted by atomic mass is 10.2. The van der Waals surface area contributed by atoms with Gasteiger partial charge in [0, 0.05) is 32.4 Å². The van der Waals surface area contributed by atoms with E-state index in [0.717, 1.165) is 19.6 Å². The smallest absolute Gasteiger partial charge is 0.271 e. The Bertz CT molecular complexity index is 723. The fourth-order valence-corrected chi connectivity index (χ4v) is 3.09. The molecule has 1 N–H and O–H groups in total. The van der Waals surface area contributed by atoms with Crippen molar-refractivity contribution in [2.75, 3.05) is 26.2 Å². The first-order chi connectivity index (χ1) is 12.0.